The fraction of sp³-hybridized carbons (Fsp3) is 0.650. The average molecular weight is 485 g/mol. The first-order chi connectivity index (χ1) is 13.9. The number of hydrogen-bond donors (Lipinski definition) is 1. The third-order valence-corrected chi connectivity index (χ3v) is 8.56. The molecule has 1 saturated carbocycles. The molecule has 0 bridgehead atoms. The van der Waals surface area contributed by atoms with Crippen LogP contribution in [0.1, 0.15) is 25.3 Å². The van der Waals surface area contributed by atoms with Gasteiger partial charge in [0, 0.05) is 61.9 Å². The molecule has 4 rings (SSSR count). The van der Waals surface area contributed by atoms with Gasteiger partial charge in [-0.05, 0) is 59.4 Å². The second-order valence-electron chi connectivity index (χ2n) is 8.10. The first-order valence-electron chi connectivity index (χ1n) is 10.5. The number of likely N-dealkylation sites (N-methyl/N-ethyl adjacent to an activating group) is 1. The summed E-state index contributed by atoms with van der Waals surface area (Å²) in [6, 6.07) is 3.52. The molecule has 0 aromatic heterocycles. The third kappa shape index (κ3) is 4.69. The van der Waals surface area contributed by atoms with Gasteiger partial charge in [0.15, 0.2) is 0 Å². The van der Waals surface area contributed by atoms with Crippen LogP contribution in [0.5, 0.6) is 0 Å². The van der Waals surface area contributed by atoms with Crippen LogP contribution >= 0.6 is 15.9 Å². The summed E-state index contributed by atoms with van der Waals surface area (Å²) in [6.45, 7) is 8.94. The maximum absolute atomic E-state index is 12.9. The molecule has 7 nitrogen and oxygen atoms in total. The Balaban J connectivity index is 1.42. The molecule has 3 aliphatic rings. The quantitative estimate of drug-likeness (QED) is 0.636. The lowest BCUT2D eigenvalue weighted by Gasteiger charge is -2.33. The third-order valence-electron chi connectivity index (χ3n) is 6.14. The van der Waals surface area contributed by atoms with E-state index in [4.69, 9.17) is 0 Å². The molecule has 0 atom stereocenters. The Bertz CT molecular complexity index is 880. The van der Waals surface area contributed by atoms with Gasteiger partial charge in [-0.15, -0.1) is 0 Å². The number of amides is 1. The zero-order valence-corrected chi connectivity index (χ0v) is 19.3. The Morgan fingerprint density at radius 2 is 1.83 bits per heavy atom. The molecule has 2 aliphatic heterocycles. The highest BCUT2D eigenvalue weighted by atomic mass is 79.9. The molecule has 1 aromatic carbocycles. The van der Waals surface area contributed by atoms with Crippen molar-refractivity contribution in [3.05, 3.63) is 22.2 Å². The van der Waals surface area contributed by atoms with Gasteiger partial charge >= 0.3 is 0 Å². The number of anilines is 1. The van der Waals surface area contributed by atoms with E-state index < -0.39 is 10.0 Å². The Morgan fingerprint density at radius 3 is 2.48 bits per heavy atom. The van der Waals surface area contributed by atoms with Gasteiger partial charge in [-0.3, -0.25) is 9.69 Å². The van der Waals surface area contributed by atoms with Gasteiger partial charge in [0.05, 0.1) is 4.90 Å². The molecule has 1 aliphatic carbocycles. The van der Waals surface area contributed by atoms with Crippen molar-refractivity contribution in [2.45, 2.75) is 31.1 Å². The summed E-state index contributed by atoms with van der Waals surface area (Å²) >= 11 is 3.43. The first kappa shape index (κ1) is 21.2. The zero-order chi connectivity index (χ0) is 20.6. The van der Waals surface area contributed by atoms with Crippen LogP contribution in [-0.4, -0.2) is 76.5 Å². The van der Waals surface area contributed by atoms with E-state index in [1.54, 1.807) is 11.0 Å². The summed E-state index contributed by atoms with van der Waals surface area (Å²) in [5.74, 6) is 0.254. The molecular formula is C20H29BrN4O3S. The Morgan fingerprint density at radius 1 is 1.14 bits per heavy atom. The molecule has 2 heterocycles. The topological polar surface area (TPSA) is 73.0 Å². The van der Waals surface area contributed by atoms with Gasteiger partial charge in [0.25, 0.3) is 0 Å². The van der Waals surface area contributed by atoms with Crippen LogP contribution < -0.4 is 9.62 Å². The summed E-state index contributed by atoms with van der Waals surface area (Å²) in [5.41, 5.74) is 1.78. The second kappa shape index (κ2) is 8.63. The van der Waals surface area contributed by atoms with Crippen molar-refractivity contribution < 1.29 is 13.2 Å². The maximum Gasteiger partial charge on any atom is 0.241 e. The predicted octanol–water partition coefficient (Wildman–Crippen LogP) is 1.66. The molecule has 1 N–H and O–H groups in total. The van der Waals surface area contributed by atoms with E-state index in [0.717, 1.165) is 63.2 Å². The molecule has 2 fully saturated rings. The number of hydrogen-bond acceptors (Lipinski definition) is 5. The van der Waals surface area contributed by atoms with Crippen LogP contribution in [0.4, 0.5) is 5.69 Å². The number of benzene rings is 1. The molecule has 160 valence electrons. The minimum absolute atomic E-state index is 0.121. The van der Waals surface area contributed by atoms with Gasteiger partial charge in [-0.2, -0.15) is 0 Å². The molecule has 1 saturated heterocycles. The van der Waals surface area contributed by atoms with E-state index in [1.807, 2.05) is 6.07 Å². The van der Waals surface area contributed by atoms with E-state index in [-0.39, 0.29) is 16.7 Å². The normalized spacial score (nSPS) is 20.8. The highest BCUT2D eigenvalue weighted by molar-refractivity contribution is 9.10. The Kier molecular flexibility index (Phi) is 6.32. The molecule has 1 amide bonds. The van der Waals surface area contributed by atoms with E-state index in [9.17, 15) is 13.2 Å². The zero-order valence-electron chi connectivity index (χ0n) is 16.9. The minimum atomic E-state index is -3.65. The highest BCUT2D eigenvalue weighted by Gasteiger charge is 2.37. The van der Waals surface area contributed by atoms with Crippen LogP contribution in [0.15, 0.2) is 21.5 Å². The van der Waals surface area contributed by atoms with Gasteiger partial charge in [0.2, 0.25) is 15.9 Å². The SMILES string of the molecule is CCN1CCN(CCNS(=O)(=O)c2cc3c(cc2Br)CCN3C(=O)C2CC2)CC1. The number of halogens is 1. The summed E-state index contributed by atoms with van der Waals surface area (Å²) in [6.07, 6.45) is 2.66. The first-order valence-corrected chi connectivity index (χ1v) is 12.7. The number of fused-ring (bicyclic) bond motifs is 1. The molecule has 29 heavy (non-hydrogen) atoms. The van der Waals surface area contributed by atoms with Crippen molar-refractivity contribution >= 4 is 37.5 Å². The molecule has 9 heteroatoms. The molecule has 0 radical (unpaired) electrons. The second-order valence-corrected chi connectivity index (χ2v) is 10.7. The maximum atomic E-state index is 12.9. The summed E-state index contributed by atoms with van der Waals surface area (Å²) in [5, 5.41) is 0. The predicted molar refractivity (Wildman–Crippen MR) is 117 cm³/mol. The van der Waals surface area contributed by atoms with Gasteiger partial charge in [-0.25, -0.2) is 13.1 Å². The number of carbonyl (C=O) groups is 1. The molecule has 0 unspecified atom stereocenters. The highest BCUT2D eigenvalue weighted by Crippen LogP contribution is 2.39. The van der Waals surface area contributed by atoms with Crippen LogP contribution in [0.3, 0.4) is 0 Å². The van der Waals surface area contributed by atoms with Crippen LogP contribution in [0.2, 0.25) is 0 Å². The van der Waals surface area contributed by atoms with Crippen molar-refractivity contribution in [2.24, 2.45) is 5.92 Å². The van der Waals surface area contributed by atoms with Crippen molar-refractivity contribution in [3.8, 4) is 0 Å². The smallest absolute Gasteiger partial charge is 0.241 e. The Labute approximate surface area is 181 Å². The number of nitrogens with one attached hydrogen (secondary N) is 1. The number of sulfonamides is 1. The lowest BCUT2D eigenvalue weighted by molar-refractivity contribution is -0.119. The average Bonchev–Trinajstić information content (AvgIpc) is 3.47. The van der Waals surface area contributed by atoms with Crippen LogP contribution in [-0.2, 0) is 21.2 Å². The van der Waals surface area contributed by atoms with E-state index in [0.29, 0.717) is 24.1 Å². The summed E-state index contributed by atoms with van der Waals surface area (Å²) in [4.78, 5) is 19.2. The van der Waals surface area contributed by atoms with Crippen molar-refractivity contribution in [2.75, 3.05) is 57.3 Å². The number of carbonyl (C=O) groups excluding carboxylic acids is 1. The number of rotatable bonds is 7. The van der Waals surface area contributed by atoms with E-state index in [2.05, 4.69) is 37.4 Å². The lowest BCUT2D eigenvalue weighted by Crippen LogP contribution is -2.48. The fourth-order valence-corrected chi connectivity index (χ4v) is 6.25. The van der Waals surface area contributed by atoms with Gasteiger partial charge < -0.3 is 9.80 Å². The van der Waals surface area contributed by atoms with E-state index in [1.165, 1.54) is 0 Å². The largest absolute Gasteiger partial charge is 0.312 e. The fourth-order valence-electron chi connectivity index (χ4n) is 4.12. The van der Waals surface area contributed by atoms with Crippen molar-refractivity contribution in [3.63, 3.8) is 0 Å². The van der Waals surface area contributed by atoms with E-state index >= 15 is 0 Å². The van der Waals surface area contributed by atoms with Crippen LogP contribution in [0.25, 0.3) is 0 Å². The van der Waals surface area contributed by atoms with Crippen LogP contribution in [0, 0.1) is 5.92 Å². The number of nitrogens with zero attached hydrogens (tertiary/aromatic N) is 3. The van der Waals surface area contributed by atoms with Crippen molar-refractivity contribution in [1.82, 2.24) is 14.5 Å². The molecular weight excluding hydrogens is 456 g/mol. The monoisotopic (exact) mass is 484 g/mol. The summed E-state index contributed by atoms with van der Waals surface area (Å²) in [7, 11) is -3.65. The number of piperazine rings is 1. The lowest BCUT2D eigenvalue weighted by atomic mass is 10.2. The molecule has 0 spiro atoms. The standard InChI is InChI=1S/C20H29BrN4O3S/c1-2-23-9-11-24(12-10-23)8-6-22-29(27,28)19-14-18-16(13-17(19)21)5-7-25(18)20(26)15-3-4-15/h13-15,22H,2-12H2,1H3. The minimum Gasteiger partial charge on any atom is -0.312 e. The van der Waals surface area contributed by atoms with Crippen molar-refractivity contribution in [1.29, 1.82) is 0 Å². The van der Waals surface area contributed by atoms with Gasteiger partial charge in [0.1, 0.15) is 0 Å². The molecule has 1 aromatic rings. The van der Waals surface area contributed by atoms with Gasteiger partial charge in [-0.1, -0.05) is 6.92 Å². The summed E-state index contributed by atoms with van der Waals surface area (Å²) < 4.78 is 29.2. The Hall–Kier alpha value is -1.00.